The Morgan fingerprint density at radius 3 is 2.62 bits per heavy atom. The van der Waals surface area contributed by atoms with Crippen molar-refractivity contribution in [1.29, 1.82) is 0 Å². The SMILES string of the molecule is Cc1ccc(NC(=S)NCc2cc(Br)ccc2F)cc1C. The van der Waals surface area contributed by atoms with Crippen LogP contribution in [0.5, 0.6) is 0 Å². The van der Waals surface area contributed by atoms with Gasteiger partial charge in [0.05, 0.1) is 0 Å². The quantitative estimate of drug-likeness (QED) is 0.770. The first-order valence-electron chi connectivity index (χ1n) is 6.52. The Bertz CT molecular complexity index is 673. The Morgan fingerprint density at radius 2 is 1.90 bits per heavy atom. The zero-order valence-corrected chi connectivity index (χ0v) is 14.2. The highest BCUT2D eigenvalue weighted by Gasteiger charge is 2.04. The normalized spacial score (nSPS) is 10.3. The number of halogens is 2. The van der Waals surface area contributed by atoms with Gasteiger partial charge in [0.15, 0.2) is 5.11 Å². The first kappa shape index (κ1) is 15.9. The summed E-state index contributed by atoms with van der Waals surface area (Å²) < 4.78 is 14.5. The Labute approximate surface area is 137 Å². The minimum absolute atomic E-state index is 0.250. The fraction of sp³-hybridized carbons (Fsp3) is 0.188. The molecule has 0 spiro atoms. The van der Waals surface area contributed by atoms with E-state index in [2.05, 4.69) is 33.5 Å². The molecule has 0 aromatic heterocycles. The molecule has 0 aliphatic carbocycles. The molecule has 21 heavy (non-hydrogen) atoms. The minimum Gasteiger partial charge on any atom is -0.358 e. The summed E-state index contributed by atoms with van der Waals surface area (Å²) in [5.74, 6) is -0.250. The predicted octanol–water partition coefficient (Wildman–Crippen LogP) is 4.69. The molecule has 0 aliphatic heterocycles. The van der Waals surface area contributed by atoms with Crippen LogP contribution >= 0.6 is 28.1 Å². The van der Waals surface area contributed by atoms with E-state index in [9.17, 15) is 4.39 Å². The molecule has 0 atom stereocenters. The van der Waals surface area contributed by atoms with Crippen LogP contribution < -0.4 is 10.6 Å². The number of benzene rings is 2. The van der Waals surface area contributed by atoms with Crippen LogP contribution in [-0.2, 0) is 6.54 Å². The van der Waals surface area contributed by atoms with Gasteiger partial charge in [-0.1, -0.05) is 22.0 Å². The van der Waals surface area contributed by atoms with Gasteiger partial charge in [0.2, 0.25) is 0 Å². The molecule has 2 aromatic rings. The lowest BCUT2D eigenvalue weighted by Crippen LogP contribution is -2.28. The molecule has 0 radical (unpaired) electrons. The number of hydrogen-bond donors (Lipinski definition) is 2. The van der Waals surface area contributed by atoms with E-state index in [1.165, 1.54) is 17.2 Å². The first-order valence-corrected chi connectivity index (χ1v) is 7.72. The van der Waals surface area contributed by atoms with Gasteiger partial charge in [-0.05, 0) is 67.5 Å². The number of anilines is 1. The zero-order chi connectivity index (χ0) is 15.4. The lowest BCUT2D eigenvalue weighted by molar-refractivity contribution is 0.606. The fourth-order valence-electron chi connectivity index (χ4n) is 1.85. The van der Waals surface area contributed by atoms with Crippen LogP contribution in [-0.4, -0.2) is 5.11 Å². The van der Waals surface area contributed by atoms with Crippen molar-refractivity contribution in [3.05, 3.63) is 63.4 Å². The molecule has 5 heteroatoms. The summed E-state index contributed by atoms with van der Waals surface area (Å²) in [5, 5.41) is 6.58. The topological polar surface area (TPSA) is 24.1 Å². The number of rotatable bonds is 3. The molecule has 2 rings (SSSR count). The van der Waals surface area contributed by atoms with E-state index in [0.717, 1.165) is 10.2 Å². The van der Waals surface area contributed by atoms with Crippen molar-refractivity contribution >= 4 is 38.9 Å². The molecule has 2 N–H and O–H groups in total. The second-order valence-corrected chi connectivity index (χ2v) is 6.17. The lowest BCUT2D eigenvalue weighted by Gasteiger charge is -2.12. The second-order valence-electron chi connectivity index (χ2n) is 4.84. The highest BCUT2D eigenvalue weighted by atomic mass is 79.9. The van der Waals surface area contributed by atoms with Crippen molar-refractivity contribution in [2.45, 2.75) is 20.4 Å². The molecule has 0 aliphatic rings. The molecule has 0 saturated carbocycles. The number of aryl methyl sites for hydroxylation is 2. The van der Waals surface area contributed by atoms with Crippen LogP contribution in [0.25, 0.3) is 0 Å². The van der Waals surface area contributed by atoms with Gasteiger partial charge in [-0.25, -0.2) is 4.39 Å². The van der Waals surface area contributed by atoms with Crippen molar-refractivity contribution in [3.8, 4) is 0 Å². The standard InChI is InChI=1S/C16H16BrFN2S/c1-10-3-5-14(7-11(10)2)20-16(21)19-9-12-8-13(17)4-6-15(12)18/h3-8H,9H2,1-2H3,(H2,19,20,21). The van der Waals surface area contributed by atoms with Gasteiger partial charge in [-0.15, -0.1) is 0 Å². The van der Waals surface area contributed by atoms with E-state index < -0.39 is 0 Å². The molecule has 0 bridgehead atoms. The summed E-state index contributed by atoms with van der Waals surface area (Å²) in [6.07, 6.45) is 0. The van der Waals surface area contributed by atoms with Gasteiger partial charge in [0.1, 0.15) is 5.82 Å². The molecule has 2 aromatic carbocycles. The van der Waals surface area contributed by atoms with Crippen molar-refractivity contribution in [1.82, 2.24) is 5.32 Å². The maximum Gasteiger partial charge on any atom is 0.171 e. The monoisotopic (exact) mass is 366 g/mol. The van der Waals surface area contributed by atoms with Crippen molar-refractivity contribution < 1.29 is 4.39 Å². The van der Waals surface area contributed by atoms with E-state index in [0.29, 0.717) is 17.2 Å². The highest BCUT2D eigenvalue weighted by Crippen LogP contribution is 2.16. The van der Waals surface area contributed by atoms with Crippen LogP contribution in [0.4, 0.5) is 10.1 Å². The molecule has 0 fully saturated rings. The molecule has 0 heterocycles. The first-order chi connectivity index (χ1) is 9.95. The van der Waals surface area contributed by atoms with Crippen molar-refractivity contribution in [3.63, 3.8) is 0 Å². The van der Waals surface area contributed by atoms with E-state index >= 15 is 0 Å². The maximum absolute atomic E-state index is 13.6. The zero-order valence-electron chi connectivity index (χ0n) is 11.8. The van der Waals surface area contributed by atoms with Crippen LogP contribution in [0.1, 0.15) is 16.7 Å². The molecule has 0 saturated heterocycles. The van der Waals surface area contributed by atoms with Gasteiger partial charge >= 0.3 is 0 Å². The Kier molecular flexibility index (Phi) is 5.31. The van der Waals surface area contributed by atoms with E-state index in [1.54, 1.807) is 12.1 Å². The van der Waals surface area contributed by atoms with E-state index in [-0.39, 0.29) is 5.82 Å². The third-order valence-corrected chi connectivity index (χ3v) is 3.95. The molecular weight excluding hydrogens is 351 g/mol. The van der Waals surface area contributed by atoms with E-state index in [1.807, 2.05) is 25.1 Å². The average molecular weight is 367 g/mol. The van der Waals surface area contributed by atoms with Crippen LogP contribution in [0.2, 0.25) is 0 Å². The highest BCUT2D eigenvalue weighted by molar-refractivity contribution is 9.10. The van der Waals surface area contributed by atoms with E-state index in [4.69, 9.17) is 12.2 Å². The number of nitrogens with one attached hydrogen (secondary N) is 2. The Balaban J connectivity index is 1.95. The summed E-state index contributed by atoms with van der Waals surface area (Å²) in [7, 11) is 0. The molecular formula is C16H16BrFN2S. The van der Waals surface area contributed by atoms with Gasteiger partial charge < -0.3 is 10.6 Å². The third kappa shape index (κ3) is 4.51. The second kappa shape index (κ2) is 7.00. The van der Waals surface area contributed by atoms with Crippen LogP contribution in [0.3, 0.4) is 0 Å². The predicted molar refractivity (Wildman–Crippen MR) is 93.1 cm³/mol. The van der Waals surface area contributed by atoms with Gasteiger partial charge in [-0.2, -0.15) is 0 Å². The molecule has 2 nitrogen and oxygen atoms in total. The fourth-order valence-corrected chi connectivity index (χ4v) is 2.45. The molecule has 110 valence electrons. The summed E-state index contributed by atoms with van der Waals surface area (Å²) in [4.78, 5) is 0. The summed E-state index contributed by atoms with van der Waals surface area (Å²) in [5.41, 5.74) is 3.91. The minimum atomic E-state index is -0.250. The largest absolute Gasteiger partial charge is 0.358 e. The number of thiocarbonyl (C=S) groups is 1. The van der Waals surface area contributed by atoms with Crippen molar-refractivity contribution in [2.24, 2.45) is 0 Å². The maximum atomic E-state index is 13.6. The lowest BCUT2D eigenvalue weighted by atomic mass is 10.1. The molecule has 0 unspecified atom stereocenters. The number of hydrogen-bond acceptors (Lipinski definition) is 1. The smallest absolute Gasteiger partial charge is 0.171 e. The summed E-state index contributed by atoms with van der Waals surface area (Å²) in [6, 6.07) is 10.9. The average Bonchev–Trinajstić information content (AvgIpc) is 2.44. The van der Waals surface area contributed by atoms with Crippen LogP contribution in [0.15, 0.2) is 40.9 Å². The van der Waals surface area contributed by atoms with Gasteiger partial charge in [0, 0.05) is 22.3 Å². The van der Waals surface area contributed by atoms with Crippen LogP contribution in [0, 0.1) is 19.7 Å². The molecule has 0 amide bonds. The van der Waals surface area contributed by atoms with Gasteiger partial charge in [0.25, 0.3) is 0 Å². The third-order valence-electron chi connectivity index (χ3n) is 3.21. The van der Waals surface area contributed by atoms with Crippen molar-refractivity contribution in [2.75, 3.05) is 5.32 Å². The Morgan fingerprint density at radius 1 is 1.14 bits per heavy atom. The summed E-state index contributed by atoms with van der Waals surface area (Å²) in [6.45, 7) is 4.45. The summed E-state index contributed by atoms with van der Waals surface area (Å²) >= 11 is 8.56. The van der Waals surface area contributed by atoms with Gasteiger partial charge in [-0.3, -0.25) is 0 Å². The Hall–Kier alpha value is -1.46.